The maximum absolute atomic E-state index is 6.07. The van der Waals surface area contributed by atoms with Crippen molar-refractivity contribution in [1.82, 2.24) is 4.98 Å². The van der Waals surface area contributed by atoms with E-state index in [0.29, 0.717) is 21.5 Å². The Hall–Kier alpha value is -2.14. The number of fused-ring (bicyclic) bond motifs is 1. The summed E-state index contributed by atoms with van der Waals surface area (Å²) >= 11 is 15.5. The topological polar surface area (TPSA) is 38.4 Å². The van der Waals surface area contributed by atoms with Gasteiger partial charge >= 0.3 is 0 Å². The van der Waals surface area contributed by atoms with Gasteiger partial charge in [-0.15, -0.1) is 0 Å². The van der Waals surface area contributed by atoms with Gasteiger partial charge in [0.05, 0.1) is 15.7 Å². The van der Waals surface area contributed by atoms with Gasteiger partial charge in [0.1, 0.15) is 5.52 Å². The van der Waals surface area contributed by atoms with E-state index in [9.17, 15) is 0 Å². The van der Waals surface area contributed by atoms with Gasteiger partial charge in [-0.05, 0) is 54.1 Å². The second-order valence-electron chi connectivity index (χ2n) is 5.61. The number of halogens is 3. The van der Waals surface area contributed by atoms with Gasteiger partial charge in [0.15, 0.2) is 5.58 Å². The molecule has 3 nitrogen and oxygen atoms in total. The van der Waals surface area contributed by atoms with E-state index in [0.717, 1.165) is 26.8 Å². The van der Waals surface area contributed by atoms with Crippen LogP contribution < -0.4 is 0 Å². The van der Waals surface area contributed by atoms with Crippen LogP contribution in [0.2, 0.25) is 10.0 Å². The van der Waals surface area contributed by atoms with E-state index in [1.807, 2.05) is 54.7 Å². The lowest BCUT2D eigenvalue weighted by atomic mass is 10.2. The second-order valence-corrected chi connectivity index (χ2v) is 7.34. The standard InChI is InChI=1S/C20H11BrCl2N2O/c21-14-4-1-12(2-5-14)11-24-15-6-8-19-18(10-15)25-20(26-19)13-3-7-16(22)17(23)9-13/h1-11H. The molecule has 1 heterocycles. The molecule has 0 saturated heterocycles. The Morgan fingerprint density at radius 3 is 2.50 bits per heavy atom. The molecule has 128 valence electrons. The fraction of sp³-hybridized carbons (Fsp3) is 0. The number of rotatable bonds is 3. The first-order valence-electron chi connectivity index (χ1n) is 7.74. The highest BCUT2D eigenvalue weighted by Crippen LogP contribution is 2.31. The molecule has 1 aromatic heterocycles. The SMILES string of the molecule is Clc1ccc(-c2nc3cc(N=Cc4ccc(Br)cc4)ccc3o2)cc1Cl. The van der Waals surface area contributed by atoms with Crippen LogP contribution >= 0.6 is 39.1 Å². The van der Waals surface area contributed by atoms with Crippen LogP contribution in [-0.2, 0) is 0 Å². The lowest BCUT2D eigenvalue weighted by Gasteiger charge is -1.97. The molecule has 0 radical (unpaired) electrons. The van der Waals surface area contributed by atoms with Crippen LogP contribution in [0.25, 0.3) is 22.6 Å². The highest BCUT2D eigenvalue weighted by atomic mass is 79.9. The van der Waals surface area contributed by atoms with Crippen LogP contribution in [0.5, 0.6) is 0 Å². The Balaban J connectivity index is 1.65. The van der Waals surface area contributed by atoms with Crippen LogP contribution in [0.3, 0.4) is 0 Å². The maximum Gasteiger partial charge on any atom is 0.227 e. The molecule has 0 aliphatic heterocycles. The van der Waals surface area contributed by atoms with Gasteiger partial charge in [-0.25, -0.2) is 4.98 Å². The van der Waals surface area contributed by atoms with E-state index in [1.165, 1.54) is 0 Å². The number of nitrogens with zero attached hydrogens (tertiary/aromatic N) is 2. The van der Waals surface area contributed by atoms with Crippen molar-refractivity contribution in [1.29, 1.82) is 0 Å². The Labute approximate surface area is 168 Å². The summed E-state index contributed by atoms with van der Waals surface area (Å²) in [6.07, 6.45) is 1.81. The van der Waals surface area contributed by atoms with Gasteiger partial charge in [-0.3, -0.25) is 4.99 Å². The van der Waals surface area contributed by atoms with Crippen molar-refractivity contribution in [3.63, 3.8) is 0 Å². The van der Waals surface area contributed by atoms with Gasteiger partial charge in [0.25, 0.3) is 0 Å². The van der Waals surface area contributed by atoms with Crippen LogP contribution in [0.15, 0.2) is 74.5 Å². The molecular formula is C20H11BrCl2N2O. The first kappa shape index (κ1) is 17.3. The van der Waals surface area contributed by atoms with E-state index in [2.05, 4.69) is 25.9 Å². The number of oxazole rings is 1. The summed E-state index contributed by atoms with van der Waals surface area (Å²) in [6.45, 7) is 0. The van der Waals surface area contributed by atoms with Crippen LogP contribution in [0.4, 0.5) is 5.69 Å². The quantitative estimate of drug-likeness (QED) is 0.310. The molecule has 0 N–H and O–H groups in total. The third kappa shape index (κ3) is 3.68. The number of hydrogen-bond acceptors (Lipinski definition) is 3. The van der Waals surface area contributed by atoms with Crippen LogP contribution in [0, 0.1) is 0 Å². The zero-order valence-corrected chi connectivity index (χ0v) is 16.4. The predicted molar refractivity (Wildman–Crippen MR) is 111 cm³/mol. The number of aromatic nitrogens is 1. The molecule has 0 fully saturated rings. The van der Waals surface area contributed by atoms with Crippen molar-refractivity contribution in [2.24, 2.45) is 4.99 Å². The number of aliphatic imine (C=N–C) groups is 1. The summed E-state index contributed by atoms with van der Waals surface area (Å²) in [6, 6.07) is 18.9. The second kappa shape index (κ2) is 7.23. The van der Waals surface area contributed by atoms with Gasteiger partial charge < -0.3 is 4.42 Å². The van der Waals surface area contributed by atoms with Gasteiger partial charge in [-0.2, -0.15) is 0 Å². The lowest BCUT2D eigenvalue weighted by molar-refractivity contribution is 0.620. The Morgan fingerprint density at radius 1 is 0.923 bits per heavy atom. The molecule has 0 aliphatic carbocycles. The third-order valence-corrected chi connectivity index (χ3v) is 5.04. The molecule has 4 rings (SSSR count). The molecular weight excluding hydrogens is 435 g/mol. The average molecular weight is 446 g/mol. The molecule has 0 spiro atoms. The van der Waals surface area contributed by atoms with E-state index in [4.69, 9.17) is 27.6 Å². The fourth-order valence-electron chi connectivity index (χ4n) is 2.45. The Kier molecular flexibility index (Phi) is 4.81. The molecule has 3 aromatic carbocycles. The minimum atomic E-state index is 0.464. The molecule has 4 aromatic rings. The minimum Gasteiger partial charge on any atom is -0.436 e. The van der Waals surface area contributed by atoms with Crippen molar-refractivity contribution in [3.8, 4) is 11.5 Å². The van der Waals surface area contributed by atoms with E-state index < -0.39 is 0 Å². The fourth-order valence-corrected chi connectivity index (χ4v) is 3.01. The summed E-state index contributed by atoms with van der Waals surface area (Å²) in [5.74, 6) is 0.493. The summed E-state index contributed by atoms with van der Waals surface area (Å²) < 4.78 is 6.85. The minimum absolute atomic E-state index is 0.464. The van der Waals surface area contributed by atoms with Crippen LogP contribution in [0.1, 0.15) is 5.56 Å². The Bertz CT molecular complexity index is 1120. The number of benzene rings is 3. The summed E-state index contributed by atoms with van der Waals surface area (Å²) in [5.41, 5.74) is 4.01. The first-order valence-corrected chi connectivity index (χ1v) is 9.29. The summed E-state index contributed by atoms with van der Waals surface area (Å²) in [5, 5.41) is 0.960. The van der Waals surface area contributed by atoms with E-state index in [-0.39, 0.29) is 0 Å². The summed E-state index contributed by atoms with van der Waals surface area (Å²) in [7, 11) is 0. The average Bonchev–Trinajstić information content (AvgIpc) is 3.07. The van der Waals surface area contributed by atoms with Crippen molar-refractivity contribution in [2.75, 3.05) is 0 Å². The van der Waals surface area contributed by atoms with Crippen molar-refractivity contribution >= 4 is 62.1 Å². The highest BCUT2D eigenvalue weighted by Gasteiger charge is 2.10. The maximum atomic E-state index is 6.07. The largest absolute Gasteiger partial charge is 0.436 e. The molecule has 6 heteroatoms. The van der Waals surface area contributed by atoms with Crippen molar-refractivity contribution < 1.29 is 4.42 Å². The van der Waals surface area contributed by atoms with Crippen molar-refractivity contribution in [2.45, 2.75) is 0 Å². The molecule has 26 heavy (non-hydrogen) atoms. The zero-order chi connectivity index (χ0) is 18.1. The normalized spacial score (nSPS) is 11.5. The van der Waals surface area contributed by atoms with Gasteiger partial charge in [0, 0.05) is 16.3 Å². The third-order valence-electron chi connectivity index (χ3n) is 3.77. The molecule has 0 aliphatic rings. The molecule has 0 amide bonds. The van der Waals surface area contributed by atoms with Crippen molar-refractivity contribution in [3.05, 3.63) is 80.7 Å². The molecule has 0 saturated carbocycles. The molecule has 0 atom stereocenters. The van der Waals surface area contributed by atoms with E-state index >= 15 is 0 Å². The van der Waals surface area contributed by atoms with Gasteiger partial charge in [-0.1, -0.05) is 51.3 Å². The van der Waals surface area contributed by atoms with Gasteiger partial charge in [0.2, 0.25) is 5.89 Å². The zero-order valence-electron chi connectivity index (χ0n) is 13.3. The Morgan fingerprint density at radius 2 is 1.73 bits per heavy atom. The highest BCUT2D eigenvalue weighted by molar-refractivity contribution is 9.10. The smallest absolute Gasteiger partial charge is 0.227 e. The molecule has 0 bridgehead atoms. The van der Waals surface area contributed by atoms with Crippen LogP contribution in [-0.4, -0.2) is 11.2 Å². The monoisotopic (exact) mass is 444 g/mol. The number of hydrogen-bond donors (Lipinski definition) is 0. The predicted octanol–water partition coefficient (Wildman–Crippen LogP) is 7.31. The lowest BCUT2D eigenvalue weighted by Crippen LogP contribution is -1.79. The first-order chi connectivity index (χ1) is 12.6. The molecule has 0 unspecified atom stereocenters. The summed E-state index contributed by atoms with van der Waals surface area (Å²) in [4.78, 5) is 9.04. The van der Waals surface area contributed by atoms with E-state index in [1.54, 1.807) is 12.1 Å².